The minimum atomic E-state index is 0. The Balaban J connectivity index is 0.00000240. The number of anilines is 1. The average molecular weight is 410 g/mol. The molecule has 0 spiro atoms. The molecule has 0 aliphatic rings. The molecule has 0 bridgehead atoms. The Morgan fingerprint density at radius 3 is 2.62 bits per heavy atom. The molecule has 29 heavy (non-hydrogen) atoms. The first kappa shape index (κ1) is 20.7. The highest BCUT2D eigenvalue weighted by Gasteiger charge is 2.04. The zero-order valence-corrected chi connectivity index (χ0v) is 16.8. The van der Waals surface area contributed by atoms with Gasteiger partial charge in [-0.1, -0.05) is 18.2 Å². The summed E-state index contributed by atoms with van der Waals surface area (Å²) >= 11 is 0. The summed E-state index contributed by atoms with van der Waals surface area (Å²) in [5.74, 6) is 2.56. The van der Waals surface area contributed by atoms with Crippen molar-refractivity contribution >= 4 is 29.0 Å². The topological polar surface area (TPSA) is 59.3 Å². The first-order valence-corrected chi connectivity index (χ1v) is 9.47. The fourth-order valence-electron chi connectivity index (χ4n) is 3.03. The molecular weight excluding hydrogens is 386 g/mol. The smallest absolute Gasteiger partial charge is 0.129 e. The number of nitrogens with zero attached hydrogens (tertiary/aromatic N) is 1. The number of benzene rings is 2. The number of ether oxygens (including phenoxy) is 1. The van der Waals surface area contributed by atoms with Crippen LogP contribution in [0, 0.1) is 0 Å². The lowest BCUT2D eigenvalue weighted by Crippen LogP contribution is -2.17. The normalized spacial score (nSPS) is 10.5. The summed E-state index contributed by atoms with van der Waals surface area (Å²) in [4.78, 5) is 4.49. The maximum Gasteiger partial charge on any atom is 0.129 e. The fraction of sp³-hybridized carbons (Fsp3) is 0.174. The molecule has 4 rings (SSSR count). The van der Waals surface area contributed by atoms with Gasteiger partial charge in [-0.2, -0.15) is 0 Å². The van der Waals surface area contributed by atoms with Crippen LogP contribution in [0.4, 0.5) is 5.69 Å². The third-order valence-corrected chi connectivity index (χ3v) is 4.42. The predicted octanol–water partition coefficient (Wildman–Crippen LogP) is 5.63. The van der Waals surface area contributed by atoms with Gasteiger partial charge in [-0.25, -0.2) is 0 Å². The van der Waals surface area contributed by atoms with Gasteiger partial charge in [0, 0.05) is 29.9 Å². The molecule has 0 fully saturated rings. The van der Waals surface area contributed by atoms with E-state index in [0.29, 0.717) is 0 Å². The van der Waals surface area contributed by atoms with E-state index in [0.717, 1.165) is 59.9 Å². The molecule has 0 saturated heterocycles. The molecule has 0 radical (unpaired) electrons. The van der Waals surface area contributed by atoms with E-state index in [-0.39, 0.29) is 12.4 Å². The number of rotatable bonds is 9. The Hall–Kier alpha value is -3.02. The van der Waals surface area contributed by atoms with E-state index in [1.54, 1.807) is 6.26 Å². The first-order valence-electron chi connectivity index (χ1n) is 9.47. The lowest BCUT2D eigenvalue weighted by molar-refractivity contribution is 0.482. The maximum atomic E-state index is 5.91. The summed E-state index contributed by atoms with van der Waals surface area (Å²) in [7, 11) is 0. The van der Waals surface area contributed by atoms with Crippen molar-refractivity contribution in [2.24, 2.45) is 0 Å². The summed E-state index contributed by atoms with van der Waals surface area (Å²) in [6.07, 6.45) is 4.54. The van der Waals surface area contributed by atoms with Crippen LogP contribution in [0.15, 0.2) is 83.6 Å². The third-order valence-electron chi connectivity index (χ3n) is 4.42. The summed E-state index contributed by atoms with van der Waals surface area (Å²) < 4.78 is 11.2. The van der Waals surface area contributed by atoms with E-state index in [1.165, 1.54) is 0 Å². The molecule has 0 atom stereocenters. The van der Waals surface area contributed by atoms with Crippen LogP contribution in [0.1, 0.15) is 12.2 Å². The van der Waals surface area contributed by atoms with Gasteiger partial charge in [-0.3, -0.25) is 4.98 Å². The molecule has 5 nitrogen and oxygen atoms in total. The second-order valence-electron chi connectivity index (χ2n) is 6.49. The van der Waals surface area contributed by atoms with Gasteiger partial charge in [-0.05, 0) is 55.4 Å². The summed E-state index contributed by atoms with van der Waals surface area (Å²) in [5.41, 5.74) is 2.00. The fourth-order valence-corrected chi connectivity index (χ4v) is 3.03. The lowest BCUT2D eigenvalue weighted by atomic mass is 10.1. The SMILES string of the molecule is Cl.c1ccc(Oc2ccc3c(NCCCNCc4ccco4)ccnc3c2)cc1. The number of hydrogen-bond acceptors (Lipinski definition) is 5. The Labute approximate surface area is 176 Å². The number of aromatic nitrogens is 1. The number of pyridine rings is 1. The van der Waals surface area contributed by atoms with E-state index in [4.69, 9.17) is 9.15 Å². The van der Waals surface area contributed by atoms with E-state index in [9.17, 15) is 0 Å². The van der Waals surface area contributed by atoms with E-state index in [1.807, 2.05) is 66.9 Å². The molecular formula is C23H24ClN3O2. The minimum Gasteiger partial charge on any atom is -0.468 e. The van der Waals surface area contributed by atoms with E-state index in [2.05, 4.69) is 21.7 Å². The monoisotopic (exact) mass is 409 g/mol. The highest BCUT2D eigenvalue weighted by molar-refractivity contribution is 5.91. The molecule has 150 valence electrons. The van der Waals surface area contributed by atoms with Crippen molar-refractivity contribution in [1.82, 2.24) is 10.3 Å². The number of fused-ring (bicyclic) bond motifs is 1. The zero-order chi connectivity index (χ0) is 19.0. The first-order chi connectivity index (χ1) is 13.9. The van der Waals surface area contributed by atoms with Gasteiger partial charge >= 0.3 is 0 Å². The van der Waals surface area contributed by atoms with Crippen LogP contribution in [-0.4, -0.2) is 18.1 Å². The largest absolute Gasteiger partial charge is 0.468 e. The van der Waals surface area contributed by atoms with Crippen molar-refractivity contribution in [3.63, 3.8) is 0 Å². The number of halogens is 1. The number of furan rings is 1. The molecule has 2 N–H and O–H groups in total. The van der Waals surface area contributed by atoms with Crippen LogP contribution in [0.2, 0.25) is 0 Å². The van der Waals surface area contributed by atoms with Gasteiger partial charge in [0.15, 0.2) is 0 Å². The minimum absolute atomic E-state index is 0. The molecule has 0 amide bonds. The molecule has 2 aromatic heterocycles. The lowest BCUT2D eigenvalue weighted by Gasteiger charge is -2.11. The highest BCUT2D eigenvalue weighted by atomic mass is 35.5. The maximum absolute atomic E-state index is 5.91. The van der Waals surface area contributed by atoms with Crippen LogP contribution >= 0.6 is 12.4 Å². The van der Waals surface area contributed by atoms with Gasteiger partial charge in [0.05, 0.1) is 18.3 Å². The second kappa shape index (κ2) is 10.5. The Bertz CT molecular complexity index is 1010. The molecule has 2 heterocycles. The molecule has 2 aromatic carbocycles. The molecule has 4 aromatic rings. The van der Waals surface area contributed by atoms with Gasteiger partial charge in [0.25, 0.3) is 0 Å². The molecule has 0 aliphatic heterocycles. The highest BCUT2D eigenvalue weighted by Crippen LogP contribution is 2.28. The molecule has 0 saturated carbocycles. The zero-order valence-electron chi connectivity index (χ0n) is 16.0. The van der Waals surface area contributed by atoms with Crippen LogP contribution in [0.5, 0.6) is 11.5 Å². The summed E-state index contributed by atoms with van der Waals surface area (Å²) in [6.45, 7) is 2.56. The van der Waals surface area contributed by atoms with Crippen molar-refractivity contribution in [2.45, 2.75) is 13.0 Å². The second-order valence-corrected chi connectivity index (χ2v) is 6.49. The quantitative estimate of drug-likeness (QED) is 0.350. The van der Waals surface area contributed by atoms with Crippen LogP contribution in [0.3, 0.4) is 0 Å². The van der Waals surface area contributed by atoms with Crippen molar-refractivity contribution in [3.05, 3.63) is 85.0 Å². The van der Waals surface area contributed by atoms with Crippen molar-refractivity contribution in [1.29, 1.82) is 0 Å². The third kappa shape index (κ3) is 5.73. The average Bonchev–Trinajstić information content (AvgIpc) is 3.25. The van der Waals surface area contributed by atoms with E-state index < -0.39 is 0 Å². The summed E-state index contributed by atoms with van der Waals surface area (Å²) in [6, 6.07) is 21.7. The van der Waals surface area contributed by atoms with Crippen molar-refractivity contribution < 1.29 is 9.15 Å². The van der Waals surface area contributed by atoms with Crippen molar-refractivity contribution in [3.8, 4) is 11.5 Å². The standard InChI is InChI=1S/C23H23N3O2.ClH/c1-2-6-18(7-3-1)28-19-9-10-21-22(11-14-26-23(21)16-19)25-13-5-12-24-17-20-8-4-15-27-20;/h1-4,6-11,14-16,24H,5,12-13,17H2,(H,25,26);1H. The molecule has 6 heteroatoms. The van der Waals surface area contributed by atoms with E-state index >= 15 is 0 Å². The van der Waals surface area contributed by atoms with Gasteiger partial charge in [-0.15, -0.1) is 12.4 Å². The molecule has 0 unspecified atom stereocenters. The summed E-state index contributed by atoms with van der Waals surface area (Å²) in [5, 5.41) is 7.97. The van der Waals surface area contributed by atoms with Crippen LogP contribution < -0.4 is 15.4 Å². The van der Waals surface area contributed by atoms with Crippen LogP contribution in [-0.2, 0) is 6.54 Å². The van der Waals surface area contributed by atoms with Gasteiger partial charge in [0.1, 0.15) is 17.3 Å². The van der Waals surface area contributed by atoms with Crippen LogP contribution in [0.25, 0.3) is 10.9 Å². The van der Waals surface area contributed by atoms with Gasteiger partial charge < -0.3 is 19.8 Å². The number of nitrogens with one attached hydrogen (secondary N) is 2. The van der Waals surface area contributed by atoms with Gasteiger partial charge in [0.2, 0.25) is 0 Å². The Morgan fingerprint density at radius 1 is 0.897 bits per heavy atom. The van der Waals surface area contributed by atoms with Crippen molar-refractivity contribution in [2.75, 3.05) is 18.4 Å². The Kier molecular flexibility index (Phi) is 7.50. The molecule has 0 aliphatic carbocycles. The Morgan fingerprint density at radius 2 is 1.79 bits per heavy atom. The number of para-hydroxylation sites is 1. The predicted molar refractivity (Wildman–Crippen MR) is 119 cm³/mol. The number of hydrogen-bond donors (Lipinski definition) is 2.